The van der Waals surface area contributed by atoms with Gasteiger partial charge in [-0.05, 0) is 24.1 Å². The number of hydrogen-bond acceptors (Lipinski definition) is 2. The minimum absolute atomic E-state index is 0.0138. The van der Waals surface area contributed by atoms with Crippen LogP contribution < -0.4 is 0 Å². The maximum atomic E-state index is 11.9. The van der Waals surface area contributed by atoms with Crippen molar-refractivity contribution in [3.8, 4) is 0 Å². The van der Waals surface area contributed by atoms with Crippen LogP contribution in [0, 0.1) is 0 Å². The van der Waals surface area contributed by atoms with Crippen LogP contribution >= 0.6 is 23.2 Å². The Morgan fingerprint density at radius 3 is 2.76 bits per heavy atom. The van der Waals surface area contributed by atoms with Gasteiger partial charge in [0.2, 0.25) is 5.91 Å². The number of aliphatic hydroxyl groups excluding tert-OH is 1. The summed E-state index contributed by atoms with van der Waals surface area (Å²) in [6, 6.07) is 5.18. The number of carbonyl (C=O) groups excluding carboxylic acids is 1. The number of nitrogens with zero attached hydrogens (tertiary/aromatic N) is 1. The van der Waals surface area contributed by atoms with Crippen LogP contribution in [0.1, 0.15) is 12.0 Å². The van der Waals surface area contributed by atoms with E-state index in [9.17, 15) is 9.90 Å². The van der Waals surface area contributed by atoms with Crippen molar-refractivity contribution in [3.63, 3.8) is 0 Å². The molecule has 1 aromatic carbocycles. The summed E-state index contributed by atoms with van der Waals surface area (Å²) >= 11 is 11.7. The van der Waals surface area contributed by atoms with Gasteiger partial charge in [-0.15, -0.1) is 0 Å². The average Bonchev–Trinajstić information content (AvgIpc) is 2.70. The van der Waals surface area contributed by atoms with Crippen molar-refractivity contribution in [2.24, 2.45) is 0 Å². The molecule has 1 saturated heterocycles. The molecule has 1 N–H and O–H groups in total. The van der Waals surface area contributed by atoms with Crippen molar-refractivity contribution < 1.29 is 9.90 Å². The van der Waals surface area contributed by atoms with Crippen molar-refractivity contribution in [1.82, 2.24) is 4.90 Å². The lowest BCUT2D eigenvalue weighted by molar-refractivity contribution is -0.129. The zero-order valence-corrected chi connectivity index (χ0v) is 10.7. The zero-order chi connectivity index (χ0) is 12.4. The van der Waals surface area contributed by atoms with Crippen LogP contribution in [0.15, 0.2) is 18.2 Å². The second-order valence-electron chi connectivity index (χ2n) is 4.21. The van der Waals surface area contributed by atoms with Crippen LogP contribution in [0.3, 0.4) is 0 Å². The second-order valence-corrected chi connectivity index (χ2v) is 5.02. The molecule has 1 aliphatic rings. The van der Waals surface area contributed by atoms with Crippen LogP contribution in [0.25, 0.3) is 0 Å². The predicted octanol–water partition coefficient (Wildman–Crippen LogP) is 2.13. The number of likely N-dealkylation sites (tertiary alicyclic amines) is 1. The molecule has 1 heterocycles. The molecule has 0 unspecified atom stereocenters. The smallest absolute Gasteiger partial charge is 0.227 e. The van der Waals surface area contributed by atoms with Crippen LogP contribution in [0.5, 0.6) is 0 Å². The maximum Gasteiger partial charge on any atom is 0.227 e. The Bertz CT molecular complexity index is 437. The lowest BCUT2D eigenvalue weighted by atomic mass is 10.1. The van der Waals surface area contributed by atoms with Crippen molar-refractivity contribution in [3.05, 3.63) is 33.8 Å². The van der Waals surface area contributed by atoms with Gasteiger partial charge < -0.3 is 10.0 Å². The fraction of sp³-hybridized carbons (Fsp3) is 0.417. The van der Waals surface area contributed by atoms with E-state index >= 15 is 0 Å². The van der Waals surface area contributed by atoms with Gasteiger partial charge in [-0.2, -0.15) is 0 Å². The first-order chi connectivity index (χ1) is 8.06. The first-order valence-corrected chi connectivity index (χ1v) is 6.21. The summed E-state index contributed by atoms with van der Waals surface area (Å²) in [5.41, 5.74) is 0.839. The highest BCUT2D eigenvalue weighted by Gasteiger charge is 2.24. The van der Waals surface area contributed by atoms with E-state index in [4.69, 9.17) is 23.2 Å². The van der Waals surface area contributed by atoms with Crippen molar-refractivity contribution in [1.29, 1.82) is 0 Å². The molecule has 3 nitrogen and oxygen atoms in total. The number of benzene rings is 1. The SMILES string of the molecule is O=C(Cc1ccc(Cl)c(Cl)c1)N1CC[C@@H](O)C1. The third kappa shape index (κ3) is 3.12. The lowest BCUT2D eigenvalue weighted by Gasteiger charge is -2.15. The lowest BCUT2D eigenvalue weighted by Crippen LogP contribution is -2.30. The molecule has 1 atom stereocenters. The number of halogens is 2. The number of hydrogen-bond donors (Lipinski definition) is 1. The number of carbonyl (C=O) groups is 1. The highest BCUT2D eigenvalue weighted by atomic mass is 35.5. The van der Waals surface area contributed by atoms with Gasteiger partial charge >= 0.3 is 0 Å². The molecule has 0 radical (unpaired) electrons. The normalized spacial score (nSPS) is 19.7. The van der Waals surface area contributed by atoms with Crippen LogP contribution in [-0.2, 0) is 11.2 Å². The number of aliphatic hydroxyl groups is 1. The van der Waals surface area contributed by atoms with E-state index in [0.717, 1.165) is 5.56 Å². The van der Waals surface area contributed by atoms with E-state index in [0.29, 0.717) is 36.0 Å². The van der Waals surface area contributed by atoms with Crippen molar-refractivity contribution >= 4 is 29.1 Å². The quantitative estimate of drug-likeness (QED) is 0.897. The molecule has 1 aliphatic heterocycles. The van der Waals surface area contributed by atoms with Gasteiger partial charge in [-0.1, -0.05) is 29.3 Å². The molecule has 0 spiro atoms. The third-order valence-corrected chi connectivity index (χ3v) is 3.59. The molecule has 0 bridgehead atoms. The molecule has 5 heteroatoms. The molecule has 0 saturated carbocycles. The van der Waals surface area contributed by atoms with Crippen LogP contribution in [-0.4, -0.2) is 35.1 Å². The maximum absolute atomic E-state index is 11.9. The summed E-state index contributed by atoms with van der Waals surface area (Å²) in [5, 5.41) is 10.3. The fourth-order valence-electron chi connectivity index (χ4n) is 1.90. The Hall–Kier alpha value is -0.770. The van der Waals surface area contributed by atoms with E-state index in [-0.39, 0.29) is 12.0 Å². The largest absolute Gasteiger partial charge is 0.391 e. The van der Waals surface area contributed by atoms with Crippen LogP contribution in [0.2, 0.25) is 10.0 Å². The van der Waals surface area contributed by atoms with E-state index in [1.165, 1.54) is 0 Å². The van der Waals surface area contributed by atoms with Gasteiger partial charge in [-0.3, -0.25) is 4.79 Å². The molecular weight excluding hydrogens is 261 g/mol. The molecule has 1 aromatic rings. The average molecular weight is 274 g/mol. The van der Waals surface area contributed by atoms with E-state index in [1.807, 2.05) is 0 Å². The fourth-order valence-corrected chi connectivity index (χ4v) is 2.23. The van der Waals surface area contributed by atoms with Gasteiger partial charge in [0.25, 0.3) is 0 Å². The first-order valence-electron chi connectivity index (χ1n) is 5.46. The van der Waals surface area contributed by atoms with Gasteiger partial charge in [0.05, 0.1) is 22.6 Å². The minimum Gasteiger partial charge on any atom is -0.391 e. The van der Waals surface area contributed by atoms with E-state index < -0.39 is 0 Å². The van der Waals surface area contributed by atoms with Gasteiger partial charge in [0, 0.05) is 13.1 Å². The highest BCUT2D eigenvalue weighted by Crippen LogP contribution is 2.23. The molecule has 0 aliphatic carbocycles. The summed E-state index contributed by atoms with van der Waals surface area (Å²) in [7, 11) is 0. The summed E-state index contributed by atoms with van der Waals surface area (Å²) in [6.45, 7) is 1.06. The molecule has 1 amide bonds. The number of amides is 1. The molecule has 0 aromatic heterocycles. The van der Waals surface area contributed by atoms with Crippen molar-refractivity contribution in [2.75, 3.05) is 13.1 Å². The summed E-state index contributed by atoms with van der Waals surface area (Å²) in [5.74, 6) is 0.0138. The Kier molecular flexibility index (Phi) is 3.92. The van der Waals surface area contributed by atoms with Crippen LogP contribution in [0.4, 0.5) is 0 Å². The van der Waals surface area contributed by atoms with E-state index in [1.54, 1.807) is 23.1 Å². The van der Waals surface area contributed by atoms with Gasteiger partial charge in [0.15, 0.2) is 0 Å². The summed E-state index contributed by atoms with van der Waals surface area (Å²) in [4.78, 5) is 13.6. The Morgan fingerprint density at radius 2 is 2.18 bits per heavy atom. The van der Waals surface area contributed by atoms with Gasteiger partial charge in [-0.25, -0.2) is 0 Å². The highest BCUT2D eigenvalue weighted by molar-refractivity contribution is 6.42. The summed E-state index contributed by atoms with van der Waals surface area (Å²) < 4.78 is 0. The Labute approximate surface area is 110 Å². The first kappa shape index (κ1) is 12.7. The molecule has 2 rings (SSSR count). The molecule has 1 fully saturated rings. The molecule has 17 heavy (non-hydrogen) atoms. The molecular formula is C12H13Cl2NO2. The van der Waals surface area contributed by atoms with Gasteiger partial charge in [0.1, 0.15) is 0 Å². The Morgan fingerprint density at radius 1 is 1.41 bits per heavy atom. The molecule has 92 valence electrons. The second kappa shape index (κ2) is 5.25. The zero-order valence-electron chi connectivity index (χ0n) is 9.20. The van der Waals surface area contributed by atoms with Crippen molar-refractivity contribution in [2.45, 2.75) is 18.9 Å². The standard InChI is InChI=1S/C12H13Cl2NO2/c13-10-2-1-8(5-11(10)14)6-12(17)15-4-3-9(16)7-15/h1-2,5,9,16H,3-4,6-7H2/t9-/m1/s1. The topological polar surface area (TPSA) is 40.5 Å². The third-order valence-electron chi connectivity index (χ3n) is 2.86. The predicted molar refractivity (Wildman–Crippen MR) is 67.4 cm³/mol. The number of rotatable bonds is 2. The monoisotopic (exact) mass is 273 g/mol. The number of β-amino-alcohol motifs (C(OH)–C–C–N with tert-alkyl or cyclic N) is 1. The minimum atomic E-state index is -0.382. The Balaban J connectivity index is 2.00. The van der Waals surface area contributed by atoms with E-state index in [2.05, 4.69) is 0 Å². The summed E-state index contributed by atoms with van der Waals surface area (Å²) in [6.07, 6.45) is 0.573.